The van der Waals surface area contributed by atoms with E-state index in [0.717, 1.165) is 34.2 Å². The number of para-hydroxylation sites is 2. The van der Waals surface area contributed by atoms with E-state index < -0.39 is 0 Å². The van der Waals surface area contributed by atoms with Gasteiger partial charge in [0.25, 0.3) is 0 Å². The number of nitrogens with zero attached hydrogens (tertiary/aromatic N) is 2. The van der Waals surface area contributed by atoms with Crippen molar-refractivity contribution in [3.05, 3.63) is 156 Å². The van der Waals surface area contributed by atoms with Crippen molar-refractivity contribution < 1.29 is 4.74 Å². The van der Waals surface area contributed by atoms with E-state index in [-0.39, 0.29) is 5.41 Å². The topological polar surface area (TPSA) is 15.7 Å². The Morgan fingerprint density at radius 1 is 0.578 bits per heavy atom. The Kier molecular flexibility index (Phi) is 5.46. The maximum absolute atomic E-state index is 6.57. The van der Waals surface area contributed by atoms with Crippen molar-refractivity contribution in [1.29, 1.82) is 0 Å². The van der Waals surface area contributed by atoms with Crippen LogP contribution in [0.25, 0.3) is 21.5 Å². The van der Waals surface area contributed by atoms with Crippen LogP contribution in [0.5, 0.6) is 11.5 Å². The molecule has 0 unspecified atom stereocenters. The minimum Gasteiger partial charge on any atom is -0.453 e. The molecule has 0 radical (unpaired) electrons. The third kappa shape index (κ3) is 3.71. The minimum atomic E-state index is -0.322. The summed E-state index contributed by atoms with van der Waals surface area (Å²) in [5.74, 6) is 1.78. The van der Waals surface area contributed by atoms with Gasteiger partial charge >= 0.3 is 0 Å². The van der Waals surface area contributed by atoms with Gasteiger partial charge in [-0.15, -0.1) is 0 Å². The minimum absolute atomic E-state index is 0.322. The molecular formula is C42H32N2O. The van der Waals surface area contributed by atoms with Crippen LogP contribution in [0.2, 0.25) is 0 Å². The highest BCUT2D eigenvalue weighted by Crippen LogP contribution is 2.62. The average molecular weight is 581 g/mol. The molecule has 3 heteroatoms. The molecule has 2 aliphatic heterocycles. The summed E-state index contributed by atoms with van der Waals surface area (Å²) in [7, 11) is 0. The monoisotopic (exact) mass is 580 g/mol. The molecule has 0 aliphatic carbocycles. The molecular weight excluding hydrogens is 548 g/mol. The van der Waals surface area contributed by atoms with E-state index in [1.165, 1.54) is 49.6 Å². The summed E-state index contributed by atoms with van der Waals surface area (Å²) in [6.07, 6.45) is 0. The fraction of sp³-hybridized carbons (Fsp3) is 0.0952. The second-order valence-corrected chi connectivity index (χ2v) is 12.7. The molecule has 0 aromatic heterocycles. The standard InChI is InChI=1S/C42H32N2O/c1-27-12-8-22-37-40(27)44-36-21-11-20-35(39(36)42(2,3)33-18-10-23-38(45-37)41(33)44)43(31-25-24-28-13-4-5-15-30(28)26-31)34-19-9-16-29-14-6-7-17-32(29)34/h4-26H,1-3H3. The number of rotatable bonds is 3. The lowest BCUT2D eigenvalue weighted by Gasteiger charge is -2.47. The number of benzene rings is 7. The highest BCUT2D eigenvalue weighted by atomic mass is 16.5. The average Bonchev–Trinajstić information content (AvgIpc) is 3.07. The Morgan fingerprint density at radius 3 is 2.11 bits per heavy atom. The Balaban J connectivity index is 1.38. The van der Waals surface area contributed by atoms with Crippen molar-refractivity contribution in [3.63, 3.8) is 0 Å². The molecule has 216 valence electrons. The molecule has 7 aromatic carbocycles. The van der Waals surface area contributed by atoms with E-state index >= 15 is 0 Å². The first-order valence-electron chi connectivity index (χ1n) is 15.6. The molecule has 0 bridgehead atoms. The van der Waals surface area contributed by atoms with Gasteiger partial charge in [-0.05, 0) is 76.7 Å². The molecule has 0 fully saturated rings. The first-order valence-corrected chi connectivity index (χ1v) is 15.6. The van der Waals surface area contributed by atoms with Crippen LogP contribution in [0, 0.1) is 6.92 Å². The number of hydrogen-bond donors (Lipinski definition) is 0. The number of aryl methyl sites for hydroxylation is 1. The van der Waals surface area contributed by atoms with Gasteiger partial charge in [-0.2, -0.15) is 0 Å². The summed E-state index contributed by atoms with van der Waals surface area (Å²) >= 11 is 0. The Morgan fingerprint density at radius 2 is 1.24 bits per heavy atom. The third-order valence-corrected chi connectivity index (χ3v) is 9.67. The van der Waals surface area contributed by atoms with Crippen molar-refractivity contribution in [1.82, 2.24) is 0 Å². The summed E-state index contributed by atoms with van der Waals surface area (Å²) < 4.78 is 6.57. The zero-order chi connectivity index (χ0) is 30.3. The zero-order valence-corrected chi connectivity index (χ0v) is 25.6. The van der Waals surface area contributed by atoms with Gasteiger partial charge in [-0.3, -0.25) is 0 Å². The van der Waals surface area contributed by atoms with Crippen molar-refractivity contribution in [2.45, 2.75) is 26.2 Å². The zero-order valence-electron chi connectivity index (χ0n) is 25.6. The van der Waals surface area contributed by atoms with Gasteiger partial charge in [-0.25, -0.2) is 0 Å². The molecule has 0 N–H and O–H groups in total. The molecule has 2 aliphatic rings. The SMILES string of the molecule is Cc1cccc2c1N1c3cccc(N(c4ccc5ccccc5c4)c4cccc5ccccc45)c3C(C)(C)c3cccc(c31)O2. The number of anilines is 6. The molecule has 7 aromatic rings. The Hall–Kier alpha value is -5.54. The van der Waals surface area contributed by atoms with Gasteiger partial charge in [0.05, 0.1) is 28.4 Å². The van der Waals surface area contributed by atoms with E-state index in [2.05, 4.69) is 170 Å². The van der Waals surface area contributed by atoms with Crippen LogP contribution < -0.4 is 14.5 Å². The maximum Gasteiger partial charge on any atom is 0.151 e. The maximum atomic E-state index is 6.57. The predicted molar refractivity (Wildman–Crippen MR) is 188 cm³/mol. The summed E-state index contributed by atoms with van der Waals surface area (Å²) in [5, 5.41) is 4.89. The van der Waals surface area contributed by atoms with Gasteiger partial charge in [-0.1, -0.05) is 111 Å². The lowest BCUT2D eigenvalue weighted by molar-refractivity contribution is 0.471. The summed E-state index contributed by atoms with van der Waals surface area (Å²) in [6.45, 7) is 6.89. The largest absolute Gasteiger partial charge is 0.453 e. The number of ether oxygens (including phenoxy) is 1. The van der Waals surface area contributed by atoms with Gasteiger partial charge in [0.2, 0.25) is 0 Å². The highest BCUT2D eigenvalue weighted by molar-refractivity contribution is 6.03. The van der Waals surface area contributed by atoms with Gasteiger partial charge in [0.15, 0.2) is 11.5 Å². The second-order valence-electron chi connectivity index (χ2n) is 12.7. The molecule has 0 atom stereocenters. The van der Waals surface area contributed by atoms with E-state index in [4.69, 9.17) is 4.74 Å². The van der Waals surface area contributed by atoms with Crippen molar-refractivity contribution in [3.8, 4) is 11.5 Å². The number of fused-ring (bicyclic) bond motifs is 6. The van der Waals surface area contributed by atoms with Crippen LogP contribution in [0.15, 0.2) is 140 Å². The normalized spacial score (nSPS) is 14.0. The molecule has 3 nitrogen and oxygen atoms in total. The lowest BCUT2D eigenvalue weighted by atomic mass is 9.72. The predicted octanol–water partition coefficient (Wildman–Crippen LogP) is 12.0. The smallest absolute Gasteiger partial charge is 0.151 e. The lowest BCUT2D eigenvalue weighted by Crippen LogP contribution is -2.34. The fourth-order valence-electron chi connectivity index (χ4n) is 7.61. The van der Waals surface area contributed by atoms with E-state index in [1.807, 2.05) is 0 Å². The van der Waals surface area contributed by atoms with Crippen LogP contribution in [-0.4, -0.2) is 0 Å². The first kappa shape index (κ1) is 25.9. The molecule has 2 heterocycles. The Labute approximate surface area is 263 Å². The summed E-state index contributed by atoms with van der Waals surface area (Å²) in [5.41, 5.74) is 10.3. The van der Waals surface area contributed by atoms with Crippen LogP contribution in [-0.2, 0) is 5.41 Å². The fourth-order valence-corrected chi connectivity index (χ4v) is 7.61. The Bertz CT molecular complexity index is 2310. The van der Waals surface area contributed by atoms with Crippen LogP contribution in [0.4, 0.5) is 34.1 Å². The van der Waals surface area contributed by atoms with E-state index in [0.29, 0.717) is 0 Å². The van der Waals surface area contributed by atoms with Crippen LogP contribution >= 0.6 is 0 Å². The highest BCUT2D eigenvalue weighted by Gasteiger charge is 2.44. The van der Waals surface area contributed by atoms with Gasteiger partial charge in [0, 0.05) is 22.1 Å². The second kappa shape index (κ2) is 9.48. The quantitative estimate of drug-likeness (QED) is 0.207. The molecule has 0 spiro atoms. The van der Waals surface area contributed by atoms with Crippen LogP contribution in [0.3, 0.4) is 0 Å². The van der Waals surface area contributed by atoms with Crippen molar-refractivity contribution in [2.24, 2.45) is 0 Å². The summed E-state index contributed by atoms with van der Waals surface area (Å²) in [4.78, 5) is 4.92. The molecule has 0 saturated carbocycles. The van der Waals surface area contributed by atoms with E-state index in [1.54, 1.807) is 0 Å². The molecule has 9 rings (SSSR count). The molecule has 0 saturated heterocycles. The summed E-state index contributed by atoms with van der Waals surface area (Å²) in [6, 6.07) is 50.4. The van der Waals surface area contributed by atoms with Crippen LogP contribution in [0.1, 0.15) is 30.5 Å². The molecule has 0 amide bonds. The van der Waals surface area contributed by atoms with Crippen molar-refractivity contribution >= 4 is 55.7 Å². The number of hydrogen-bond acceptors (Lipinski definition) is 3. The van der Waals surface area contributed by atoms with E-state index in [9.17, 15) is 0 Å². The third-order valence-electron chi connectivity index (χ3n) is 9.67. The van der Waals surface area contributed by atoms with Crippen molar-refractivity contribution in [2.75, 3.05) is 9.80 Å². The van der Waals surface area contributed by atoms with Gasteiger partial charge in [0.1, 0.15) is 0 Å². The molecule has 45 heavy (non-hydrogen) atoms. The first-order chi connectivity index (χ1) is 22.0. The van der Waals surface area contributed by atoms with Gasteiger partial charge < -0.3 is 14.5 Å².